The predicted molar refractivity (Wildman–Crippen MR) is 77.0 cm³/mol. The van der Waals surface area contributed by atoms with Crippen LogP contribution in [0.15, 0.2) is 24.3 Å². The lowest BCUT2D eigenvalue weighted by molar-refractivity contribution is 0.212. The van der Waals surface area contributed by atoms with Crippen molar-refractivity contribution in [3.63, 3.8) is 0 Å². The molecule has 0 spiro atoms. The van der Waals surface area contributed by atoms with Crippen LogP contribution in [-0.2, 0) is 10.0 Å². The number of aliphatic hydroxyl groups excluding tert-OH is 1. The first-order chi connectivity index (χ1) is 9.53. The van der Waals surface area contributed by atoms with Crippen molar-refractivity contribution in [1.29, 1.82) is 0 Å². The number of ether oxygens (including phenoxy) is 1. The normalized spacial score (nSPS) is 20.1. The fraction of sp³-hybridized carbons (Fsp3) is 0.538. The molecule has 1 aromatic carbocycles. The van der Waals surface area contributed by atoms with Crippen molar-refractivity contribution in [2.24, 2.45) is 0 Å². The van der Waals surface area contributed by atoms with Crippen LogP contribution in [0.25, 0.3) is 0 Å². The maximum atomic E-state index is 12.2. The molecule has 112 valence electrons. The number of hydrogen-bond acceptors (Lipinski definition) is 5. The van der Waals surface area contributed by atoms with Crippen molar-refractivity contribution in [3.8, 4) is 5.75 Å². The van der Waals surface area contributed by atoms with Gasteiger partial charge in [-0.1, -0.05) is 0 Å². The third-order valence-electron chi connectivity index (χ3n) is 3.38. The van der Waals surface area contributed by atoms with Gasteiger partial charge in [0.15, 0.2) is 0 Å². The van der Waals surface area contributed by atoms with Gasteiger partial charge in [-0.25, -0.2) is 8.42 Å². The summed E-state index contributed by atoms with van der Waals surface area (Å²) >= 11 is 0. The number of aliphatic hydroxyl groups is 1. The highest BCUT2D eigenvalue weighted by Crippen LogP contribution is 2.21. The van der Waals surface area contributed by atoms with Gasteiger partial charge in [-0.05, 0) is 37.1 Å². The number of hydrogen-bond donors (Lipinski definition) is 2. The molecule has 1 saturated heterocycles. The number of anilines is 1. The van der Waals surface area contributed by atoms with E-state index in [2.05, 4.69) is 0 Å². The smallest absolute Gasteiger partial charge is 0.217 e. The first kappa shape index (κ1) is 15.1. The van der Waals surface area contributed by atoms with Crippen LogP contribution in [0, 0.1) is 0 Å². The summed E-state index contributed by atoms with van der Waals surface area (Å²) in [6.45, 7) is 0.439. The first-order valence-corrected chi connectivity index (χ1v) is 8.22. The Morgan fingerprint density at radius 3 is 2.70 bits per heavy atom. The Balaban J connectivity index is 1.88. The van der Waals surface area contributed by atoms with Crippen molar-refractivity contribution < 1.29 is 18.3 Å². The second-order valence-electron chi connectivity index (χ2n) is 4.82. The first-order valence-electron chi connectivity index (χ1n) is 6.61. The molecule has 1 aliphatic heterocycles. The summed E-state index contributed by atoms with van der Waals surface area (Å²) in [4.78, 5) is 0. The van der Waals surface area contributed by atoms with E-state index >= 15 is 0 Å². The van der Waals surface area contributed by atoms with E-state index in [1.165, 1.54) is 4.31 Å². The van der Waals surface area contributed by atoms with Crippen LogP contribution in [0.5, 0.6) is 5.75 Å². The number of sulfonamides is 1. The summed E-state index contributed by atoms with van der Waals surface area (Å²) in [5.74, 6) is 0.503. The lowest BCUT2D eigenvalue weighted by Crippen LogP contribution is -2.40. The average Bonchev–Trinajstić information content (AvgIpc) is 2.90. The molecular formula is C13H20N2O4S. The Kier molecular flexibility index (Phi) is 4.85. The van der Waals surface area contributed by atoms with Crippen LogP contribution in [0.3, 0.4) is 0 Å². The number of nitrogens with two attached hydrogens (primary N) is 1. The topological polar surface area (TPSA) is 92.9 Å². The highest BCUT2D eigenvalue weighted by Gasteiger charge is 2.33. The van der Waals surface area contributed by atoms with Gasteiger partial charge in [-0.2, -0.15) is 4.31 Å². The third-order valence-corrected chi connectivity index (χ3v) is 5.26. The van der Waals surface area contributed by atoms with Crippen LogP contribution in [-0.4, -0.2) is 49.4 Å². The van der Waals surface area contributed by atoms with Crippen molar-refractivity contribution in [2.75, 3.05) is 31.2 Å². The molecule has 20 heavy (non-hydrogen) atoms. The zero-order valence-electron chi connectivity index (χ0n) is 11.2. The Morgan fingerprint density at radius 1 is 1.35 bits per heavy atom. The van der Waals surface area contributed by atoms with Gasteiger partial charge in [0, 0.05) is 18.3 Å². The average molecular weight is 300 g/mol. The molecule has 0 saturated carbocycles. The number of nitrogen functional groups attached to an aromatic ring is 1. The van der Waals surface area contributed by atoms with Gasteiger partial charge in [0.2, 0.25) is 10.0 Å². The zero-order chi connectivity index (χ0) is 14.6. The molecule has 0 aliphatic carbocycles. The molecule has 1 aliphatic rings. The summed E-state index contributed by atoms with van der Waals surface area (Å²) in [5.41, 5.74) is 6.19. The number of rotatable bonds is 6. The van der Waals surface area contributed by atoms with Gasteiger partial charge in [0.05, 0.1) is 12.4 Å². The fourth-order valence-corrected chi connectivity index (χ4v) is 3.87. The molecule has 6 nitrogen and oxygen atoms in total. The van der Waals surface area contributed by atoms with Gasteiger partial charge in [0.1, 0.15) is 12.4 Å². The van der Waals surface area contributed by atoms with Crippen LogP contribution in [0.1, 0.15) is 12.8 Å². The van der Waals surface area contributed by atoms with Crippen LogP contribution in [0.2, 0.25) is 0 Å². The largest absolute Gasteiger partial charge is 0.492 e. The van der Waals surface area contributed by atoms with Crippen molar-refractivity contribution in [1.82, 2.24) is 4.31 Å². The molecule has 0 aromatic heterocycles. The predicted octanol–water partition coefficient (Wildman–Crippen LogP) is 0.434. The van der Waals surface area contributed by atoms with Gasteiger partial charge < -0.3 is 15.6 Å². The summed E-state index contributed by atoms with van der Waals surface area (Å²) in [7, 11) is -3.38. The molecule has 3 N–H and O–H groups in total. The number of nitrogens with zero attached hydrogens (tertiary/aromatic N) is 1. The van der Waals surface area contributed by atoms with Gasteiger partial charge in [-0.15, -0.1) is 0 Å². The molecule has 0 radical (unpaired) electrons. The van der Waals surface area contributed by atoms with Crippen molar-refractivity contribution in [2.45, 2.75) is 18.9 Å². The second kappa shape index (κ2) is 6.43. The second-order valence-corrected chi connectivity index (χ2v) is 6.86. The summed E-state index contributed by atoms with van der Waals surface area (Å²) in [6, 6.07) is 6.53. The fourth-order valence-electron chi connectivity index (χ4n) is 2.30. The van der Waals surface area contributed by atoms with Crippen LogP contribution in [0.4, 0.5) is 5.69 Å². The minimum absolute atomic E-state index is 0.0842. The van der Waals surface area contributed by atoms with E-state index in [0.717, 1.165) is 6.42 Å². The lowest BCUT2D eigenvalue weighted by atomic mass is 10.2. The Hall–Kier alpha value is -1.31. The lowest BCUT2D eigenvalue weighted by Gasteiger charge is -2.22. The molecular weight excluding hydrogens is 280 g/mol. The molecule has 0 bridgehead atoms. The summed E-state index contributed by atoms with van der Waals surface area (Å²) < 4.78 is 31.1. The molecule has 0 amide bonds. The van der Waals surface area contributed by atoms with E-state index < -0.39 is 10.0 Å². The molecule has 1 atom stereocenters. The van der Waals surface area contributed by atoms with Gasteiger partial charge >= 0.3 is 0 Å². The monoisotopic (exact) mass is 300 g/mol. The van der Waals surface area contributed by atoms with Crippen LogP contribution >= 0.6 is 0 Å². The molecule has 7 heteroatoms. The van der Waals surface area contributed by atoms with E-state index in [1.54, 1.807) is 24.3 Å². The van der Waals surface area contributed by atoms with Crippen molar-refractivity contribution >= 4 is 15.7 Å². The minimum atomic E-state index is -3.38. The van der Waals surface area contributed by atoms with Crippen molar-refractivity contribution in [3.05, 3.63) is 24.3 Å². The van der Waals surface area contributed by atoms with Crippen LogP contribution < -0.4 is 10.5 Å². The highest BCUT2D eigenvalue weighted by atomic mass is 32.2. The molecule has 2 rings (SSSR count). The molecule has 1 unspecified atom stereocenters. The van der Waals surface area contributed by atoms with E-state index in [4.69, 9.17) is 10.5 Å². The van der Waals surface area contributed by atoms with E-state index in [-0.39, 0.29) is 25.0 Å². The maximum Gasteiger partial charge on any atom is 0.217 e. The van der Waals surface area contributed by atoms with E-state index in [0.29, 0.717) is 24.4 Å². The maximum absolute atomic E-state index is 12.2. The molecule has 1 heterocycles. The minimum Gasteiger partial charge on any atom is -0.492 e. The highest BCUT2D eigenvalue weighted by molar-refractivity contribution is 7.89. The Morgan fingerprint density at radius 2 is 2.05 bits per heavy atom. The Labute approximate surface area is 119 Å². The van der Waals surface area contributed by atoms with E-state index in [1.807, 2.05) is 0 Å². The molecule has 1 aromatic rings. The SMILES string of the molecule is Nc1ccc(OCCS(=O)(=O)N2CCCC2CO)cc1. The standard InChI is InChI=1S/C13H20N2O4S/c14-11-3-5-13(6-4-11)19-8-9-20(17,18)15-7-1-2-12(15)10-16/h3-6,12,16H,1-2,7-10,14H2. The quantitative estimate of drug-likeness (QED) is 0.743. The molecule has 1 fully saturated rings. The summed E-state index contributed by atoms with van der Waals surface area (Å²) in [5, 5.41) is 9.18. The third kappa shape index (κ3) is 3.62. The summed E-state index contributed by atoms with van der Waals surface area (Å²) in [6.07, 6.45) is 1.51. The van der Waals surface area contributed by atoms with Gasteiger partial charge in [0.25, 0.3) is 0 Å². The Bertz CT molecular complexity index is 530. The van der Waals surface area contributed by atoms with E-state index in [9.17, 15) is 13.5 Å². The number of benzene rings is 1. The zero-order valence-corrected chi connectivity index (χ0v) is 12.1. The van der Waals surface area contributed by atoms with Gasteiger partial charge in [-0.3, -0.25) is 0 Å².